The summed E-state index contributed by atoms with van der Waals surface area (Å²) in [6.45, 7) is 0. The monoisotopic (exact) mass is 425 g/mol. The maximum absolute atomic E-state index is 6.16. The van der Waals surface area contributed by atoms with Crippen molar-refractivity contribution in [1.82, 2.24) is 0 Å². The molecule has 0 aliphatic heterocycles. The summed E-state index contributed by atoms with van der Waals surface area (Å²) in [5.41, 5.74) is 7.22. The Morgan fingerprint density at radius 3 is 2.44 bits per heavy atom. The number of ether oxygens (including phenoxy) is 1. The summed E-state index contributed by atoms with van der Waals surface area (Å²) in [4.78, 5) is 0. The molecule has 0 bridgehead atoms. The predicted octanol–water partition coefficient (Wildman–Crippen LogP) is 6.29. The van der Waals surface area contributed by atoms with Crippen molar-refractivity contribution in [2.24, 2.45) is 0 Å². The molecule has 3 heteroatoms. The molecule has 0 aromatic heterocycles. The van der Waals surface area contributed by atoms with E-state index >= 15 is 0 Å². The molecule has 0 N–H and O–H groups in total. The second kappa shape index (κ2) is 8.83. The van der Waals surface area contributed by atoms with Crippen molar-refractivity contribution in [3.05, 3.63) is 91.7 Å². The number of halogens is 1. The number of methoxy groups -OCH3 is 1. The van der Waals surface area contributed by atoms with Crippen LogP contribution in [0, 0.1) is 20.9 Å². The molecule has 0 spiro atoms. The number of benzene rings is 3. The van der Waals surface area contributed by atoms with Crippen molar-refractivity contribution in [3.8, 4) is 28.0 Å². The Labute approximate surface area is 175 Å². The summed E-state index contributed by atoms with van der Waals surface area (Å²) in [7, 11) is 1.71. The van der Waals surface area contributed by atoms with E-state index in [1.807, 2.05) is 24.3 Å². The number of hydrogen-bond acceptors (Lipinski definition) is 1. The standard InChI is InChI=1S/C20H14ClO.2CH3.Zr/c1-22-19-10-9-16(13-5-3-2-4-6-13)18-12-14-11-15(21)7-8-17(14)20(18)19;;;/h2-8,10-11H,12H2,1H3;2*1H3;/q3*-1;+3. The van der Waals surface area contributed by atoms with E-state index in [2.05, 4.69) is 36.4 Å². The molecule has 4 rings (SSSR count). The smallest absolute Gasteiger partial charge is 0.539 e. The van der Waals surface area contributed by atoms with E-state index in [4.69, 9.17) is 16.3 Å². The van der Waals surface area contributed by atoms with Crippen molar-refractivity contribution in [3.63, 3.8) is 0 Å². The molecule has 125 valence electrons. The zero-order valence-corrected chi connectivity index (χ0v) is 17.9. The molecular weight excluding hydrogens is 407 g/mol. The third kappa shape index (κ3) is 3.76. The largest absolute Gasteiger partial charge is 3.00 e. The molecular formula is C22H20ClOZr. The van der Waals surface area contributed by atoms with E-state index in [1.54, 1.807) is 7.11 Å². The third-order valence-corrected chi connectivity index (χ3v) is 4.42. The predicted molar refractivity (Wildman–Crippen MR) is 103 cm³/mol. The molecule has 0 saturated heterocycles. The molecule has 3 aromatic carbocycles. The first kappa shape index (κ1) is 21.7. The van der Waals surface area contributed by atoms with Crippen LogP contribution in [-0.4, -0.2) is 7.11 Å². The van der Waals surface area contributed by atoms with E-state index in [0.717, 1.165) is 22.8 Å². The summed E-state index contributed by atoms with van der Waals surface area (Å²) in [6.07, 6.45) is 0.864. The van der Waals surface area contributed by atoms with Gasteiger partial charge >= 0.3 is 26.2 Å². The van der Waals surface area contributed by atoms with Crippen LogP contribution >= 0.6 is 11.6 Å². The van der Waals surface area contributed by atoms with Crippen LogP contribution in [0.5, 0.6) is 5.75 Å². The molecule has 0 atom stereocenters. The minimum atomic E-state index is 0. The van der Waals surface area contributed by atoms with Gasteiger partial charge in [0.2, 0.25) is 0 Å². The second-order valence-corrected chi connectivity index (χ2v) is 5.87. The van der Waals surface area contributed by atoms with Gasteiger partial charge in [0.25, 0.3) is 0 Å². The Bertz CT molecular complexity index is 859. The van der Waals surface area contributed by atoms with Gasteiger partial charge in [0, 0.05) is 10.8 Å². The molecule has 0 unspecified atom stereocenters. The van der Waals surface area contributed by atoms with Gasteiger partial charge in [0.05, 0.1) is 7.11 Å². The Balaban J connectivity index is 0.00000104. The summed E-state index contributed by atoms with van der Waals surface area (Å²) in [5, 5.41) is 0.774. The van der Waals surface area contributed by atoms with E-state index in [-0.39, 0.29) is 41.1 Å². The first-order chi connectivity index (χ1) is 10.8. The zero-order valence-electron chi connectivity index (χ0n) is 14.7. The minimum Gasteiger partial charge on any atom is -0.539 e. The van der Waals surface area contributed by atoms with Gasteiger partial charge in [-0.05, 0) is 29.7 Å². The Morgan fingerprint density at radius 2 is 1.76 bits per heavy atom. The molecule has 0 heterocycles. The van der Waals surface area contributed by atoms with Gasteiger partial charge in [-0.25, -0.2) is 0 Å². The Hall–Kier alpha value is -1.37. The first-order valence-electron chi connectivity index (χ1n) is 7.23. The van der Waals surface area contributed by atoms with E-state index in [0.29, 0.717) is 0 Å². The number of rotatable bonds is 2. The molecule has 3 aromatic rings. The molecule has 1 radical (unpaired) electrons. The van der Waals surface area contributed by atoms with Crippen molar-refractivity contribution < 1.29 is 30.9 Å². The summed E-state index contributed by atoms with van der Waals surface area (Å²) in [5.74, 6) is 0.871. The van der Waals surface area contributed by atoms with Crippen molar-refractivity contribution in [2.45, 2.75) is 6.42 Å². The van der Waals surface area contributed by atoms with Gasteiger partial charge < -0.3 is 19.6 Å². The molecule has 0 fully saturated rings. The third-order valence-electron chi connectivity index (χ3n) is 4.18. The maximum atomic E-state index is 6.16. The molecule has 1 aliphatic carbocycles. The summed E-state index contributed by atoms with van der Waals surface area (Å²) in [6, 6.07) is 21.8. The zero-order chi connectivity index (χ0) is 15.1. The Morgan fingerprint density at radius 1 is 1.04 bits per heavy atom. The number of hydrogen-bond donors (Lipinski definition) is 0. The van der Waals surface area contributed by atoms with Crippen LogP contribution in [-0.2, 0) is 32.6 Å². The van der Waals surface area contributed by atoms with Gasteiger partial charge in [-0.2, -0.15) is 0 Å². The second-order valence-electron chi connectivity index (χ2n) is 5.43. The van der Waals surface area contributed by atoms with Gasteiger partial charge in [-0.3, -0.25) is 0 Å². The minimum absolute atomic E-state index is 0. The average Bonchev–Trinajstić information content (AvgIpc) is 2.93. The normalized spacial score (nSPS) is 10.5. The van der Waals surface area contributed by atoms with E-state index in [9.17, 15) is 0 Å². The van der Waals surface area contributed by atoms with Crippen molar-refractivity contribution in [2.75, 3.05) is 7.11 Å². The van der Waals surface area contributed by atoms with Crippen LogP contribution < -0.4 is 4.74 Å². The molecule has 1 nitrogen and oxygen atoms in total. The van der Waals surface area contributed by atoms with Crippen molar-refractivity contribution in [1.29, 1.82) is 0 Å². The molecule has 0 amide bonds. The first-order valence-corrected chi connectivity index (χ1v) is 7.61. The fourth-order valence-electron chi connectivity index (χ4n) is 3.21. The van der Waals surface area contributed by atoms with Crippen LogP contribution in [0.25, 0.3) is 22.3 Å². The number of fused-ring (bicyclic) bond motifs is 3. The molecule has 1 aliphatic rings. The fourth-order valence-corrected chi connectivity index (χ4v) is 3.40. The molecule has 25 heavy (non-hydrogen) atoms. The van der Waals surface area contributed by atoms with Gasteiger partial charge in [-0.1, -0.05) is 59.1 Å². The average molecular weight is 427 g/mol. The fraction of sp³-hybridized carbons (Fsp3) is 0.0909. The van der Waals surface area contributed by atoms with Gasteiger partial charge in [0.1, 0.15) is 0 Å². The van der Waals surface area contributed by atoms with Crippen LogP contribution in [0.1, 0.15) is 11.1 Å². The quantitative estimate of drug-likeness (QED) is 0.342. The topological polar surface area (TPSA) is 9.23 Å². The van der Waals surface area contributed by atoms with Crippen LogP contribution in [0.4, 0.5) is 0 Å². The summed E-state index contributed by atoms with van der Waals surface area (Å²) < 4.78 is 5.57. The van der Waals surface area contributed by atoms with E-state index < -0.39 is 0 Å². The van der Waals surface area contributed by atoms with Crippen LogP contribution in [0.2, 0.25) is 5.02 Å². The SMILES string of the molecule is COc1c[c-]c(-c2ccccc2)c2c1-c1ccc(Cl)cc1C2.[CH3-].[CH3-].[Zr+3]. The Kier molecular flexibility index (Phi) is 7.66. The van der Waals surface area contributed by atoms with Crippen molar-refractivity contribution >= 4 is 11.6 Å². The van der Waals surface area contributed by atoms with Gasteiger partial charge in [-0.15, -0.1) is 23.3 Å². The van der Waals surface area contributed by atoms with E-state index in [1.165, 1.54) is 27.8 Å². The van der Waals surface area contributed by atoms with Gasteiger partial charge in [0.15, 0.2) is 0 Å². The summed E-state index contributed by atoms with van der Waals surface area (Å²) >= 11 is 6.16. The van der Waals surface area contributed by atoms with Crippen LogP contribution in [0.15, 0.2) is 54.6 Å². The van der Waals surface area contributed by atoms with Crippen LogP contribution in [0.3, 0.4) is 0 Å². The molecule has 0 saturated carbocycles. The maximum Gasteiger partial charge on any atom is 3.00 e.